The number of likely N-dealkylation sites (tertiary alicyclic amines) is 1. The molecule has 3 saturated heterocycles. The van der Waals surface area contributed by atoms with Gasteiger partial charge in [-0.15, -0.1) is 11.3 Å². The molecule has 0 radical (unpaired) electrons. The molecule has 2 aromatic carbocycles. The van der Waals surface area contributed by atoms with Crippen LogP contribution in [-0.2, 0) is 40.4 Å². The van der Waals surface area contributed by atoms with Crippen LogP contribution in [0.3, 0.4) is 0 Å². The van der Waals surface area contributed by atoms with Crippen LogP contribution in [0.25, 0.3) is 11.1 Å². The molecule has 5 aliphatic rings. The van der Waals surface area contributed by atoms with Gasteiger partial charge in [0, 0.05) is 85.0 Å². The lowest BCUT2D eigenvalue weighted by molar-refractivity contribution is -0.134. The molecule has 0 spiro atoms. The zero-order chi connectivity index (χ0) is 38.1. The first kappa shape index (κ1) is 34.7. The standard InChI is InChI=1S/C41H38FN9O4S/c42-32-16-25(15-30-31(32)21-51(40(30)55)37(39(54)47-41-44-11-13-56-41)36-34-2-1-12-48(34)22-45-36)24-3-5-26(6-4-24)50-20-27-17-28(50)19-49(27)18-23-9-10-43-33(14-23)29-7-8-35(52)46-38(29)53/h3-6,9-11,13-16,22,27-29,37H,1-2,7-8,12,17-21H2,(H,44,47,54)(H,46,52,53)/t27-,28-,29?,37?/m1/s1. The number of piperidine rings is 1. The Morgan fingerprint density at radius 3 is 2.64 bits per heavy atom. The van der Waals surface area contributed by atoms with Gasteiger partial charge in [-0.05, 0) is 78.8 Å². The fourth-order valence-corrected chi connectivity index (χ4v) is 9.80. The van der Waals surface area contributed by atoms with Crippen LogP contribution in [0.15, 0.2) is 72.6 Å². The summed E-state index contributed by atoms with van der Waals surface area (Å²) >= 11 is 1.28. The van der Waals surface area contributed by atoms with Crippen molar-refractivity contribution in [3.05, 3.63) is 112 Å². The van der Waals surface area contributed by atoms with Crippen molar-refractivity contribution in [2.75, 3.05) is 23.3 Å². The number of nitrogens with one attached hydrogen (secondary N) is 2. The number of amides is 4. The van der Waals surface area contributed by atoms with E-state index in [1.807, 2.05) is 28.8 Å². The van der Waals surface area contributed by atoms with Gasteiger partial charge in [0.25, 0.3) is 11.8 Å². The van der Waals surface area contributed by atoms with Gasteiger partial charge < -0.3 is 14.4 Å². The van der Waals surface area contributed by atoms with Crippen LogP contribution < -0.4 is 15.5 Å². The highest BCUT2D eigenvalue weighted by Crippen LogP contribution is 2.40. The lowest BCUT2D eigenvalue weighted by Gasteiger charge is -2.35. The van der Waals surface area contributed by atoms with Crippen LogP contribution in [0.1, 0.15) is 76.2 Å². The molecule has 13 nitrogen and oxygen atoms in total. The van der Waals surface area contributed by atoms with Crippen LogP contribution in [0.4, 0.5) is 15.2 Å². The summed E-state index contributed by atoms with van der Waals surface area (Å²) in [6, 6.07) is 15.0. The van der Waals surface area contributed by atoms with E-state index in [4.69, 9.17) is 0 Å². The van der Waals surface area contributed by atoms with Crippen molar-refractivity contribution in [2.45, 2.75) is 75.8 Å². The Kier molecular flexibility index (Phi) is 8.51. The highest BCUT2D eigenvalue weighted by atomic mass is 32.1. The second kappa shape index (κ2) is 13.7. The van der Waals surface area contributed by atoms with E-state index in [0.717, 1.165) is 67.9 Å². The molecule has 56 heavy (non-hydrogen) atoms. The molecule has 3 aromatic heterocycles. The summed E-state index contributed by atoms with van der Waals surface area (Å²) in [4.78, 5) is 71.6. The minimum atomic E-state index is -1.04. The molecule has 2 unspecified atom stereocenters. The quantitative estimate of drug-likeness (QED) is 0.202. The Hall–Kier alpha value is -5.80. The summed E-state index contributed by atoms with van der Waals surface area (Å²) < 4.78 is 17.9. The lowest BCUT2D eigenvalue weighted by Crippen LogP contribution is -2.46. The van der Waals surface area contributed by atoms with Crippen LogP contribution in [0.5, 0.6) is 0 Å². The maximum atomic E-state index is 15.9. The SMILES string of the molecule is O=C1CCC(c2cc(CN3C[C@H]4C[C@@H]3CN4c3ccc(-c4cc(F)c5c(c4)C(=O)N(C(C(=O)Nc4nccs4)c4ncn6c4CCC6)C5)cc3)ccn2)C(=O)N1. The molecule has 10 rings (SSSR count). The molecule has 0 saturated carbocycles. The molecule has 4 atom stereocenters. The van der Waals surface area contributed by atoms with Crippen molar-refractivity contribution in [3.8, 4) is 11.1 Å². The average molecular weight is 772 g/mol. The number of imide groups is 1. The number of halogens is 1. The molecule has 5 aromatic rings. The van der Waals surface area contributed by atoms with Crippen LogP contribution in [0, 0.1) is 5.82 Å². The van der Waals surface area contributed by atoms with Gasteiger partial charge in [-0.1, -0.05) is 12.1 Å². The number of pyridine rings is 1. The topological polar surface area (TPSA) is 146 Å². The number of piperazine rings is 1. The monoisotopic (exact) mass is 771 g/mol. The van der Waals surface area contributed by atoms with Crippen molar-refractivity contribution >= 4 is 45.8 Å². The van der Waals surface area contributed by atoms with Crippen molar-refractivity contribution in [3.63, 3.8) is 0 Å². The largest absolute Gasteiger partial charge is 0.366 e. The van der Waals surface area contributed by atoms with Crippen LogP contribution >= 0.6 is 11.3 Å². The highest BCUT2D eigenvalue weighted by molar-refractivity contribution is 7.13. The molecule has 3 fully saturated rings. The van der Waals surface area contributed by atoms with E-state index in [2.05, 4.69) is 47.5 Å². The summed E-state index contributed by atoms with van der Waals surface area (Å²) in [6.45, 7) is 3.30. The minimum absolute atomic E-state index is 0.0435. The van der Waals surface area contributed by atoms with Crippen LogP contribution in [0.2, 0.25) is 0 Å². The molecular formula is C41H38FN9O4S. The van der Waals surface area contributed by atoms with Gasteiger partial charge in [-0.25, -0.2) is 14.4 Å². The first-order valence-electron chi connectivity index (χ1n) is 19.0. The van der Waals surface area contributed by atoms with E-state index in [1.165, 1.54) is 22.3 Å². The van der Waals surface area contributed by atoms with Crippen LogP contribution in [-0.4, -0.2) is 78.1 Å². The first-order valence-corrected chi connectivity index (χ1v) is 19.9. The highest BCUT2D eigenvalue weighted by Gasteiger charge is 2.44. The Bertz CT molecular complexity index is 2400. The summed E-state index contributed by atoms with van der Waals surface area (Å²) in [5.41, 5.74) is 6.25. The van der Waals surface area contributed by atoms with Crippen molar-refractivity contribution in [2.24, 2.45) is 0 Å². The molecular weight excluding hydrogens is 734 g/mol. The van der Waals surface area contributed by atoms with E-state index in [1.54, 1.807) is 30.2 Å². The van der Waals surface area contributed by atoms with Gasteiger partial charge in [-0.2, -0.15) is 0 Å². The smallest absolute Gasteiger partial charge is 0.255 e. The number of rotatable bonds is 9. The van der Waals surface area contributed by atoms with E-state index < -0.39 is 29.6 Å². The maximum absolute atomic E-state index is 15.9. The normalized spacial score (nSPS) is 22.1. The zero-order valence-electron chi connectivity index (χ0n) is 30.4. The Balaban J connectivity index is 0.832. The van der Waals surface area contributed by atoms with Gasteiger partial charge in [0.1, 0.15) is 5.82 Å². The average Bonchev–Trinajstić information content (AvgIpc) is 4.06. The molecule has 15 heteroatoms. The number of hydrogen-bond donors (Lipinski definition) is 2. The zero-order valence-corrected chi connectivity index (χ0v) is 31.2. The number of aromatic nitrogens is 4. The van der Waals surface area contributed by atoms with Crippen molar-refractivity contribution in [1.82, 2.24) is 34.6 Å². The number of hydrogen-bond acceptors (Lipinski definition) is 10. The molecule has 0 aliphatic carbocycles. The fraction of sp³-hybridized carbons (Fsp3) is 0.341. The van der Waals surface area contributed by atoms with Crippen molar-refractivity contribution in [1.29, 1.82) is 0 Å². The van der Waals surface area contributed by atoms with Gasteiger partial charge in [-0.3, -0.25) is 39.7 Å². The second-order valence-electron chi connectivity index (χ2n) is 15.3. The third kappa shape index (κ3) is 6.05. The molecule has 2 bridgehead atoms. The minimum Gasteiger partial charge on any atom is -0.366 e. The number of benzene rings is 2. The molecule has 4 amide bonds. The third-order valence-electron chi connectivity index (χ3n) is 12.0. The molecule has 284 valence electrons. The summed E-state index contributed by atoms with van der Waals surface area (Å²) in [6.07, 6.45) is 8.59. The summed E-state index contributed by atoms with van der Waals surface area (Å²) in [7, 11) is 0. The first-order chi connectivity index (χ1) is 27.3. The number of thiazole rings is 1. The number of imidazole rings is 1. The van der Waals surface area contributed by atoms with Gasteiger partial charge in [0.15, 0.2) is 11.2 Å². The predicted molar refractivity (Wildman–Crippen MR) is 205 cm³/mol. The Morgan fingerprint density at radius 2 is 1.86 bits per heavy atom. The molecule has 8 heterocycles. The van der Waals surface area contributed by atoms with Gasteiger partial charge >= 0.3 is 0 Å². The number of carbonyl (C=O) groups excluding carboxylic acids is 4. The Labute approximate surface area is 325 Å². The third-order valence-corrected chi connectivity index (χ3v) is 12.7. The van der Waals surface area contributed by atoms with E-state index in [0.29, 0.717) is 47.0 Å². The van der Waals surface area contributed by atoms with E-state index in [-0.39, 0.29) is 29.5 Å². The predicted octanol–water partition coefficient (Wildman–Crippen LogP) is 4.81. The number of anilines is 2. The Morgan fingerprint density at radius 1 is 0.982 bits per heavy atom. The fourth-order valence-electron chi connectivity index (χ4n) is 9.26. The number of fused-ring (bicyclic) bond motifs is 4. The maximum Gasteiger partial charge on any atom is 0.255 e. The van der Waals surface area contributed by atoms with Gasteiger partial charge in [0.05, 0.1) is 30.2 Å². The summed E-state index contributed by atoms with van der Waals surface area (Å²) in [5.74, 6) is -2.24. The van der Waals surface area contributed by atoms with E-state index >= 15 is 4.39 Å². The van der Waals surface area contributed by atoms with E-state index in [9.17, 15) is 19.2 Å². The lowest BCUT2D eigenvalue weighted by atomic mass is 9.93. The number of carbonyl (C=O) groups is 4. The second-order valence-corrected chi connectivity index (χ2v) is 16.2. The van der Waals surface area contributed by atoms with Gasteiger partial charge in [0.2, 0.25) is 11.8 Å². The molecule has 5 aliphatic heterocycles. The number of nitrogens with zero attached hydrogens (tertiary/aromatic N) is 7. The summed E-state index contributed by atoms with van der Waals surface area (Å²) in [5, 5.41) is 7.46. The number of aryl methyl sites for hydroxylation is 1. The van der Waals surface area contributed by atoms with Crippen molar-refractivity contribution < 1.29 is 23.6 Å². The molecule has 2 N–H and O–H groups in total.